The summed E-state index contributed by atoms with van der Waals surface area (Å²) in [6.07, 6.45) is -1.42. The summed E-state index contributed by atoms with van der Waals surface area (Å²) >= 11 is 0. The van der Waals surface area contributed by atoms with Gasteiger partial charge < -0.3 is 14.6 Å². The fraction of sp³-hybridized carbons (Fsp3) is 0.235. The number of nitro groups is 1. The molecule has 0 saturated heterocycles. The van der Waals surface area contributed by atoms with E-state index in [-0.39, 0.29) is 11.3 Å². The van der Waals surface area contributed by atoms with E-state index in [9.17, 15) is 20.0 Å². The monoisotopic (exact) mass is 331 g/mol. The van der Waals surface area contributed by atoms with Crippen molar-refractivity contribution in [1.29, 1.82) is 0 Å². The second-order valence-electron chi connectivity index (χ2n) is 5.05. The predicted octanol–water partition coefficient (Wildman–Crippen LogP) is 2.34. The number of benzene rings is 2. The minimum atomic E-state index is -1.79. The molecule has 24 heavy (non-hydrogen) atoms. The average Bonchev–Trinajstić information content (AvgIpc) is 2.63. The zero-order valence-electron chi connectivity index (χ0n) is 13.2. The van der Waals surface area contributed by atoms with Crippen molar-refractivity contribution in [2.24, 2.45) is 0 Å². The fourth-order valence-electron chi connectivity index (χ4n) is 2.55. The number of carbonyl (C=O) groups is 1. The van der Waals surface area contributed by atoms with Gasteiger partial charge in [0.1, 0.15) is 6.10 Å². The molecule has 0 aromatic heterocycles. The number of methoxy groups -OCH3 is 2. The smallest absolute Gasteiger partial charge is 0.345 e. The Morgan fingerprint density at radius 1 is 1.12 bits per heavy atom. The van der Waals surface area contributed by atoms with Gasteiger partial charge in [0.2, 0.25) is 5.60 Å². The molecular formula is C17H17NO6. The Kier molecular flexibility index (Phi) is 5.28. The Balaban J connectivity index is 2.54. The summed E-state index contributed by atoms with van der Waals surface area (Å²) in [7, 11) is 2.49. The molecule has 7 nitrogen and oxygen atoms in total. The number of non-ortho nitro benzene ring substituents is 1. The van der Waals surface area contributed by atoms with Crippen molar-refractivity contribution >= 4 is 11.7 Å². The lowest BCUT2D eigenvalue weighted by Crippen LogP contribution is -2.44. The van der Waals surface area contributed by atoms with Crippen LogP contribution in [0.5, 0.6) is 0 Å². The number of esters is 1. The molecule has 0 spiro atoms. The molecule has 2 aromatic rings. The predicted molar refractivity (Wildman–Crippen MR) is 85.2 cm³/mol. The van der Waals surface area contributed by atoms with Crippen molar-refractivity contribution in [3.8, 4) is 0 Å². The average molecular weight is 331 g/mol. The summed E-state index contributed by atoms with van der Waals surface area (Å²) in [6, 6.07) is 13.7. The van der Waals surface area contributed by atoms with Crippen LogP contribution in [0.25, 0.3) is 0 Å². The van der Waals surface area contributed by atoms with Gasteiger partial charge in [-0.1, -0.05) is 30.3 Å². The fourth-order valence-corrected chi connectivity index (χ4v) is 2.55. The molecule has 0 aliphatic heterocycles. The van der Waals surface area contributed by atoms with Gasteiger partial charge >= 0.3 is 5.97 Å². The summed E-state index contributed by atoms with van der Waals surface area (Å²) in [4.78, 5) is 22.7. The lowest BCUT2D eigenvalue weighted by molar-refractivity contribution is -0.384. The van der Waals surface area contributed by atoms with E-state index in [1.807, 2.05) is 0 Å². The Labute approximate surface area is 138 Å². The van der Waals surface area contributed by atoms with Crippen LogP contribution in [-0.4, -0.2) is 30.2 Å². The molecule has 0 fully saturated rings. The molecule has 0 bridgehead atoms. The maximum absolute atomic E-state index is 12.4. The van der Waals surface area contributed by atoms with Crippen LogP contribution in [0.4, 0.5) is 5.69 Å². The first-order valence-electron chi connectivity index (χ1n) is 7.09. The van der Waals surface area contributed by atoms with Crippen LogP contribution in [0, 0.1) is 10.1 Å². The number of ether oxygens (including phenoxy) is 2. The highest BCUT2D eigenvalue weighted by Gasteiger charge is 2.49. The number of aliphatic hydroxyl groups is 1. The lowest BCUT2D eigenvalue weighted by Gasteiger charge is -2.34. The van der Waals surface area contributed by atoms with Crippen LogP contribution in [0.2, 0.25) is 0 Å². The third kappa shape index (κ3) is 2.99. The topological polar surface area (TPSA) is 98.9 Å². The summed E-state index contributed by atoms with van der Waals surface area (Å²) < 4.78 is 10.2. The van der Waals surface area contributed by atoms with Crippen LogP contribution in [0.3, 0.4) is 0 Å². The first-order chi connectivity index (χ1) is 11.5. The molecule has 1 N–H and O–H groups in total. The molecule has 2 aromatic carbocycles. The summed E-state index contributed by atoms with van der Waals surface area (Å²) in [6.45, 7) is 0. The molecule has 0 radical (unpaired) electrons. The van der Waals surface area contributed by atoms with Gasteiger partial charge in [-0.3, -0.25) is 10.1 Å². The molecule has 0 heterocycles. The van der Waals surface area contributed by atoms with Crippen molar-refractivity contribution in [2.75, 3.05) is 14.2 Å². The molecular weight excluding hydrogens is 314 g/mol. The number of rotatable bonds is 6. The van der Waals surface area contributed by atoms with E-state index in [4.69, 9.17) is 9.47 Å². The molecule has 2 rings (SSSR count). The zero-order valence-corrected chi connectivity index (χ0v) is 13.2. The van der Waals surface area contributed by atoms with Crippen molar-refractivity contribution < 1.29 is 24.3 Å². The van der Waals surface area contributed by atoms with Crippen molar-refractivity contribution in [2.45, 2.75) is 11.7 Å². The van der Waals surface area contributed by atoms with Gasteiger partial charge in [-0.05, 0) is 23.3 Å². The molecule has 2 atom stereocenters. The molecule has 0 saturated carbocycles. The highest BCUT2D eigenvalue weighted by atomic mass is 16.6. The summed E-state index contributed by atoms with van der Waals surface area (Å²) in [5, 5.41) is 21.6. The van der Waals surface area contributed by atoms with E-state index in [1.54, 1.807) is 30.3 Å². The summed E-state index contributed by atoms with van der Waals surface area (Å²) in [5.74, 6) is -0.776. The summed E-state index contributed by atoms with van der Waals surface area (Å²) in [5.41, 5.74) is -1.21. The third-order valence-electron chi connectivity index (χ3n) is 3.82. The maximum Gasteiger partial charge on any atom is 0.345 e. The Morgan fingerprint density at radius 2 is 1.71 bits per heavy atom. The minimum absolute atomic E-state index is 0.119. The number of aliphatic hydroxyl groups excluding tert-OH is 1. The van der Waals surface area contributed by atoms with Crippen LogP contribution in [0.1, 0.15) is 17.2 Å². The van der Waals surface area contributed by atoms with Gasteiger partial charge in [0.05, 0.1) is 12.0 Å². The second-order valence-corrected chi connectivity index (χ2v) is 5.05. The first kappa shape index (κ1) is 17.6. The van der Waals surface area contributed by atoms with E-state index < -0.39 is 22.6 Å². The minimum Gasteiger partial charge on any atom is -0.467 e. The van der Waals surface area contributed by atoms with Crippen LogP contribution < -0.4 is 0 Å². The number of carbonyl (C=O) groups excluding carboxylic acids is 1. The number of hydrogen-bond donors (Lipinski definition) is 1. The van der Waals surface area contributed by atoms with Gasteiger partial charge in [-0.15, -0.1) is 0 Å². The second kappa shape index (κ2) is 7.20. The van der Waals surface area contributed by atoms with Crippen LogP contribution in [0.15, 0.2) is 54.6 Å². The molecule has 0 amide bonds. The van der Waals surface area contributed by atoms with E-state index in [0.717, 1.165) is 0 Å². The molecule has 126 valence electrons. The lowest BCUT2D eigenvalue weighted by atomic mass is 9.84. The number of nitro benzene ring substituents is 1. The Morgan fingerprint density at radius 3 is 2.17 bits per heavy atom. The Hall–Kier alpha value is -2.77. The van der Waals surface area contributed by atoms with Crippen molar-refractivity contribution in [1.82, 2.24) is 0 Å². The zero-order chi connectivity index (χ0) is 17.7. The molecule has 0 aliphatic carbocycles. The SMILES string of the molecule is COC(=O)[C@](OC)(c1ccccc1)[C@H](O)c1ccc([N+](=O)[O-])cc1. The van der Waals surface area contributed by atoms with Gasteiger partial charge in [-0.25, -0.2) is 4.79 Å². The van der Waals surface area contributed by atoms with Crippen molar-refractivity contribution in [3.63, 3.8) is 0 Å². The van der Waals surface area contributed by atoms with Crippen molar-refractivity contribution in [3.05, 3.63) is 75.8 Å². The largest absolute Gasteiger partial charge is 0.467 e. The highest BCUT2D eigenvalue weighted by Crippen LogP contribution is 2.39. The molecule has 7 heteroatoms. The Bertz CT molecular complexity index is 716. The molecule has 0 aliphatic rings. The normalized spacial score (nSPS) is 14.5. The highest BCUT2D eigenvalue weighted by molar-refractivity contribution is 5.82. The number of hydrogen-bond acceptors (Lipinski definition) is 6. The van der Waals surface area contributed by atoms with Gasteiger partial charge in [0.15, 0.2) is 0 Å². The first-order valence-corrected chi connectivity index (χ1v) is 7.09. The third-order valence-corrected chi connectivity index (χ3v) is 3.82. The van der Waals surface area contributed by atoms with Gasteiger partial charge in [0, 0.05) is 19.2 Å². The quantitative estimate of drug-likeness (QED) is 0.495. The van der Waals surface area contributed by atoms with Crippen LogP contribution in [-0.2, 0) is 19.9 Å². The van der Waals surface area contributed by atoms with Gasteiger partial charge in [-0.2, -0.15) is 0 Å². The number of nitrogens with zero attached hydrogens (tertiary/aromatic N) is 1. The maximum atomic E-state index is 12.4. The molecule has 0 unspecified atom stereocenters. The van der Waals surface area contributed by atoms with E-state index in [1.165, 1.54) is 38.5 Å². The van der Waals surface area contributed by atoms with Gasteiger partial charge in [0.25, 0.3) is 5.69 Å². The van der Waals surface area contributed by atoms with E-state index >= 15 is 0 Å². The van der Waals surface area contributed by atoms with Crippen LogP contribution >= 0.6 is 0 Å². The standard InChI is InChI=1S/C17H17NO6/c1-23-16(20)17(24-2,13-6-4-3-5-7-13)15(19)12-8-10-14(11-9-12)18(21)22/h3-11,15,19H,1-2H3/t15-,17+/m1/s1. The van der Waals surface area contributed by atoms with E-state index in [2.05, 4.69) is 0 Å². The van der Waals surface area contributed by atoms with E-state index in [0.29, 0.717) is 5.56 Å².